The van der Waals surface area contributed by atoms with E-state index in [1.807, 2.05) is 0 Å². The Morgan fingerprint density at radius 3 is 2.11 bits per heavy atom. The number of nitrogens with one attached hydrogen (secondary N) is 2. The van der Waals surface area contributed by atoms with Crippen LogP contribution in [-0.2, 0) is 0 Å². The number of quaternary nitrogens is 2. The molecule has 0 fully saturated rings. The fourth-order valence-electron chi connectivity index (χ4n) is 1.38. The summed E-state index contributed by atoms with van der Waals surface area (Å²) in [7, 11) is 2.79. The minimum Gasteiger partial charge on any atom is -0.595 e. The van der Waals surface area contributed by atoms with Gasteiger partial charge < -0.3 is 19.9 Å². The van der Waals surface area contributed by atoms with Gasteiger partial charge in [0.2, 0.25) is 0 Å². The van der Waals surface area contributed by atoms with Gasteiger partial charge in [0.25, 0.3) is 0 Å². The Morgan fingerprint density at radius 1 is 1.11 bits per heavy atom. The van der Waals surface area contributed by atoms with Gasteiger partial charge >= 0.3 is 0 Å². The lowest BCUT2D eigenvalue weighted by Gasteiger charge is -2.17. The number of methoxy groups -OCH3 is 2. The van der Waals surface area contributed by atoms with E-state index >= 15 is 0 Å². The van der Waals surface area contributed by atoms with Crippen LogP contribution in [0.25, 0.3) is 6.08 Å². The summed E-state index contributed by atoms with van der Waals surface area (Å²) in [4.78, 5) is 0. The molecular formula is C10H14N2O6. The molecule has 0 saturated carbocycles. The number of hydroxylamine groups is 2. The molecule has 2 unspecified atom stereocenters. The van der Waals surface area contributed by atoms with Crippen molar-refractivity contribution in [2.24, 2.45) is 0 Å². The van der Waals surface area contributed by atoms with Gasteiger partial charge in [-0.2, -0.15) is 5.23 Å². The van der Waals surface area contributed by atoms with Crippen LogP contribution in [0.2, 0.25) is 0 Å². The van der Waals surface area contributed by atoms with Gasteiger partial charge in [-0.3, -0.25) is 0 Å². The van der Waals surface area contributed by atoms with Crippen LogP contribution < -0.4 is 19.9 Å². The largest absolute Gasteiger partial charge is 0.595 e. The Labute approximate surface area is 103 Å². The number of benzene rings is 1. The third kappa shape index (κ3) is 3.40. The SMILES string of the molecule is COc1cc(C=C[NH+]([O-])O)c([NH+]([O-])O)cc1OC. The third-order valence-electron chi connectivity index (χ3n) is 2.19. The van der Waals surface area contributed by atoms with Crippen LogP contribution in [0.15, 0.2) is 18.3 Å². The molecule has 18 heavy (non-hydrogen) atoms. The van der Waals surface area contributed by atoms with Gasteiger partial charge in [0.15, 0.2) is 17.2 Å². The molecule has 8 heteroatoms. The summed E-state index contributed by atoms with van der Waals surface area (Å²) in [6.45, 7) is 0. The molecule has 0 aliphatic heterocycles. The molecule has 0 radical (unpaired) electrons. The number of rotatable bonds is 5. The maximum absolute atomic E-state index is 11.1. The van der Waals surface area contributed by atoms with Crippen LogP contribution in [0.5, 0.6) is 11.5 Å². The second-order valence-corrected chi connectivity index (χ2v) is 3.27. The van der Waals surface area contributed by atoms with E-state index in [0.717, 1.165) is 6.20 Å². The van der Waals surface area contributed by atoms with Crippen LogP contribution in [0, 0.1) is 10.4 Å². The molecule has 0 amide bonds. The lowest BCUT2D eigenvalue weighted by atomic mass is 10.1. The van der Waals surface area contributed by atoms with Crippen LogP contribution in [0.4, 0.5) is 5.69 Å². The summed E-state index contributed by atoms with van der Waals surface area (Å²) >= 11 is 0. The van der Waals surface area contributed by atoms with E-state index in [9.17, 15) is 10.4 Å². The minimum atomic E-state index is -1.18. The Hall–Kier alpha value is -1.68. The topological polar surface area (TPSA) is 114 Å². The highest BCUT2D eigenvalue weighted by molar-refractivity contribution is 5.65. The van der Waals surface area contributed by atoms with Crippen molar-refractivity contribution in [1.82, 2.24) is 0 Å². The minimum absolute atomic E-state index is 0.0647. The Balaban J connectivity index is 3.29. The Bertz CT molecular complexity index is 433. The molecule has 0 heterocycles. The molecule has 1 aromatic rings. The van der Waals surface area contributed by atoms with Crippen molar-refractivity contribution in [3.05, 3.63) is 34.3 Å². The zero-order chi connectivity index (χ0) is 13.7. The first-order valence-corrected chi connectivity index (χ1v) is 4.90. The van der Waals surface area contributed by atoms with Gasteiger partial charge in [-0.15, -0.1) is 0 Å². The van der Waals surface area contributed by atoms with Crippen molar-refractivity contribution in [2.75, 3.05) is 14.2 Å². The molecule has 0 saturated heterocycles. The molecule has 0 bridgehead atoms. The summed E-state index contributed by atoms with van der Waals surface area (Å²) in [6, 6.07) is 2.68. The summed E-state index contributed by atoms with van der Waals surface area (Å²) in [5, 5.41) is 36.7. The van der Waals surface area contributed by atoms with E-state index in [2.05, 4.69) is 0 Å². The number of hydrogen-bond donors (Lipinski definition) is 4. The third-order valence-corrected chi connectivity index (χ3v) is 2.19. The molecule has 0 aromatic heterocycles. The maximum Gasteiger partial charge on any atom is 0.175 e. The maximum atomic E-state index is 11.1. The zero-order valence-corrected chi connectivity index (χ0v) is 9.84. The molecule has 0 aliphatic carbocycles. The molecule has 2 atom stereocenters. The van der Waals surface area contributed by atoms with Gasteiger partial charge in [0, 0.05) is 17.7 Å². The van der Waals surface area contributed by atoms with Crippen LogP contribution in [0.3, 0.4) is 0 Å². The van der Waals surface area contributed by atoms with Crippen LogP contribution in [-0.4, -0.2) is 24.6 Å². The van der Waals surface area contributed by atoms with Gasteiger partial charge in [0.1, 0.15) is 6.20 Å². The normalized spacial score (nSPS) is 14.6. The van der Waals surface area contributed by atoms with Crippen molar-refractivity contribution < 1.29 is 30.3 Å². The highest BCUT2D eigenvalue weighted by Crippen LogP contribution is 2.32. The summed E-state index contributed by atoms with van der Waals surface area (Å²) in [6.07, 6.45) is 2.04. The average molecular weight is 258 g/mol. The van der Waals surface area contributed by atoms with Gasteiger partial charge in [-0.25, -0.2) is 15.6 Å². The Kier molecular flexibility index (Phi) is 5.04. The number of ether oxygens (including phenoxy) is 2. The summed E-state index contributed by atoms with van der Waals surface area (Å²) in [5.41, 5.74) is 0.160. The lowest BCUT2D eigenvalue weighted by molar-refractivity contribution is -1.00. The Morgan fingerprint density at radius 2 is 1.67 bits per heavy atom. The monoisotopic (exact) mass is 258 g/mol. The average Bonchev–Trinajstić information content (AvgIpc) is 2.34. The van der Waals surface area contributed by atoms with E-state index in [4.69, 9.17) is 19.9 Å². The van der Waals surface area contributed by atoms with Crippen molar-refractivity contribution in [3.63, 3.8) is 0 Å². The molecule has 1 aromatic carbocycles. The molecule has 0 aliphatic rings. The molecule has 100 valence electrons. The van der Waals surface area contributed by atoms with E-state index in [1.165, 1.54) is 32.4 Å². The van der Waals surface area contributed by atoms with E-state index in [1.54, 1.807) is 0 Å². The molecule has 4 N–H and O–H groups in total. The predicted molar refractivity (Wildman–Crippen MR) is 60.5 cm³/mol. The van der Waals surface area contributed by atoms with E-state index < -0.39 is 10.5 Å². The van der Waals surface area contributed by atoms with Crippen molar-refractivity contribution in [3.8, 4) is 11.5 Å². The summed E-state index contributed by atoms with van der Waals surface area (Å²) < 4.78 is 10.00. The summed E-state index contributed by atoms with van der Waals surface area (Å²) in [5.74, 6) is 0.593. The second-order valence-electron chi connectivity index (χ2n) is 3.27. The predicted octanol–water partition coefficient (Wildman–Crippen LogP) is -1.15. The highest BCUT2D eigenvalue weighted by Gasteiger charge is 2.14. The van der Waals surface area contributed by atoms with Crippen molar-refractivity contribution in [1.29, 1.82) is 0 Å². The van der Waals surface area contributed by atoms with Crippen molar-refractivity contribution in [2.45, 2.75) is 0 Å². The fraction of sp³-hybridized carbons (Fsp3) is 0.200. The zero-order valence-electron chi connectivity index (χ0n) is 9.84. The lowest BCUT2D eigenvalue weighted by Crippen LogP contribution is -2.99. The van der Waals surface area contributed by atoms with Crippen LogP contribution >= 0.6 is 0 Å². The van der Waals surface area contributed by atoms with E-state index in [0.29, 0.717) is 5.75 Å². The first-order chi connectivity index (χ1) is 8.49. The second kappa shape index (κ2) is 6.31. The van der Waals surface area contributed by atoms with Gasteiger partial charge in [-0.1, -0.05) is 0 Å². The standard InChI is InChI=1S/C10H14N2O6/c1-17-9-5-7(3-4-11(13)14)8(12(15)16)6-10(9)18-2/h3-6,11-13,15H,1-2H3. The van der Waals surface area contributed by atoms with Crippen LogP contribution in [0.1, 0.15) is 5.56 Å². The first kappa shape index (κ1) is 14.4. The smallest absolute Gasteiger partial charge is 0.175 e. The van der Waals surface area contributed by atoms with Gasteiger partial charge in [0.05, 0.1) is 14.2 Å². The number of hydrogen-bond acceptors (Lipinski definition) is 6. The molecular weight excluding hydrogens is 244 g/mol. The van der Waals surface area contributed by atoms with E-state index in [-0.39, 0.29) is 17.0 Å². The molecule has 1 rings (SSSR count). The highest BCUT2D eigenvalue weighted by atomic mass is 16.8. The quantitative estimate of drug-likeness (QED) is 0.496. The van der Waals surface area contributed by atoms with Crippen molar-refractivity contribution >= 4 is 11.8 Å². The fourth-order valence-corrected chi connectivity index (χ4v) is 1.38. The molecule has 8 nitrogen and oxygen atoms in total. The first-order valence-electron chi connectivity index (χ1n) is 4.90. The van der Waals surface area contributed by atoms with Gasteiger partial charge in [-0.05, 0) is 6.07 Å². The molecule has 0 spiro atoms.